The zero-order valence-electron chi connectivity index (χ0n) is 12.5. The molecule has 21 heavy (non-hydrogen) atoms. The molecule has 0 radical (unpaired) electrons. The van der Waals surface area contributed by atoms with Gasteiger partial charge in [-0.3, -0.25) is 4.98 Å². The Morgan fingerprint density at radius 1 is 1.48 bits per heavy atom. The van der Waals surface area contributed by atoms with Gasteiger partial charge in [0.15, 0.2) is 5.58 Å². The van der Waals surface area contributed by atoms with Gasteiger partial charge in [0, 0.05) is 6.61 Å². The van der Waals surface area contributed by atoms with Crippen molar-refractivity contribution < 1.29 is 9.15 Å². The third-order valence-electron chi connectivity index (χ3n) is 4.19. The van der Waals surface area contributed by atoms with Crippen LogP contribution in [0.3, 0.4) is 0 Å². The highest BCUT2D eigenvalue weighted by Crippen LogP contribution is 2.32. The third-order valence-corrected chi connectivity index (χ3v) is 4.19. The molecule has 5 heteroatoms. The average Bonchev–Trinajstić information content (AvgIpc) is 3.04. The fraction of sp³-hybridized carbons (Fsp3) is 0.562. The summed E-state index contributed by atoms with van der Waals surface area (Å²) in [5, 5.41) is 3.57. The maximum atomic E-state index is 11.3. The Morgan fingerprint density at radius 3 is 3.05 bits per heavy atom. The van der Waals surface area contributed by atoms with Crippen LogP contribution in [0, 0.1) is 5.92 Å². The molecule has 1 saturated heterocycles. The van der Waals surface area contributed by atoms with Gasteiger partial charge < -0.3 is 14.5 Å². The minimum absolute atomic E-state index is 0.132. The molecule has 1 aromatic heterocycles. The maximum Gasteiger partial charge on any atom is 0.417 e. The number of hydrogen-bond acceptors (Lipinski definition) is 4. The lowest BCUT2D eigenvalue weighted by molar-refractivity contribution is 0.0607. The molecule has 1 aliphatic rings. The van der Waals surface area contributed by atoms with Crippen LogP contribution in [-0.2, 0) is 4.74 Å². The van der Waals surface area contributed by atoms with E-state index >= 15 is 0 Å². The summed E-state index contributed by atoms with van der Waals surface area (Å²) in [6, 6.07) is 6.01. The van der Waals surface area contributed by atoms with Crippen LogP contribution in [0.25, 0.3) is 11.1 Å². The molecule has 0 aliphatic carbocycles. The highest BCUT2D eigenvalue weighted by Gasteiger charge is 2.32. The van der Waals surface area contributed by atoms with Gasteiger partial charge in [0.2, 0.25) is 0 Å². The van der Waals surface area contributed by atoms with Crippen LogP contribution in [0.2, 0.25) is 0 Å². The van der Waals surface area contributed by atoms with Crippen molar-refractivity contribution in [1.82, 2.24) is 10.3 Å². The van der Waals surface area contributed by atoms with E-state index in [1.165, 1.54) is 0 Å². The molecule has 2 N–H and O–H groups in total. The number of aromatic nitrogens is 1. The van der Waals surface area contributed by atoms with E-state index in [1.807, 2.05) is 18.2 Å². The van der Waals surface area contributed by atoms with Crippen molar-refractivity contribution in [1.29, 1.82) is 0 Å². The summed E-state index contributed by atoms with van der Waals surface area (Å²) < 4.78 is 11.1. The highest BCUT2D eigenvalue weighted by atomic mass is 16.5. The van der Waals surface area contributed by atoms with E-state index in [1.54, 1.807) is 0 Å². The molecule has 5 nitrogen and oxygen atoms in total. The van der Waals surface area contributed by atoms with Gasteiger partial charge in [-0.05, 0) is 43.0 Å². The number of ether oxygens (including phenoxy) is 1. The molecule has 114 valence electrons. The summed E-state index contributed by atoms with van der Waals surface area (Å²) in [7, 11) is 0. The van der Waals surface area contributed by atoms with Gasteiger partial charge in [0.1, 0.15) is 0 Å². The lowest BCUT2D eigenvalue weighted by Crippen LogP contribution is -2.35. The minimum Gasteiger partial charge on any atom is -0.408 e. The number of aromatic amines is 1. The van der Waals surface area contributed by atoms with E-state index in [9.17, 15) is 4.79 Å². The van der Waals surface area contributed by atoms with Crippen molar-refractivity contribution in [3.63, 3.8) is 0 Å². The predicted molar refractivity (Wildman–Crippen MR) is 81.4 cm³/mol. The molecule has 3 rings (SSSR count). The lowest BCUT2D eigenvalue weighted by Gasteiger charge is -2.27. The maximum absolute atomic E-state index is 11.3. The van der Waals surface area contributed by atoms with Crippen molar-refractivity contribution in [3.05, 3.63) is 34.3 Å². The van der Waals surface area contributed by atoms with Crippen molar-refractivity contribution >= 4 is 11.1 Å². The van der Waals surface area contributed by atoms with E-state index in [4.69, 9.17) is 9.15 Å². The van der Waals surface area contributed by atoms with E-state index in [-0.39, 0.29) is 12.1 Å². The first-order valence-electron chi connectivity index (χ1n) is 7.67. The van der Waals surface area contributed by atoms with Crippen LogP contribution in [-0.4, -0.2) is 24.2 Å². The molecule has 3 unspecified atom stereocenters. The van der Waals surface area contributed by atoms with Crippen molar-refractivity contribution in [3.8, 4) is 0 Å². The van der Waals surface area contributed by atoms with Crippen LogP contribution in [0.15, 0.2) is 27.4 Å². The van der Waals surface area contributed by atoms with Crippen LogP contribution in [0.5, 0.6) is 0 Å². The Morgan fingerprint density at radius 2 is 2.33 bits per heavy atom. The SMILES string of the molecule is CCCNC(c1ccc2[nH]c(=O)oc2c1)C1OCCC1C. The van der Waals surface area contributed by atoms with Crippen LogP contribution in [0.4, 0.5) is 0 Å². The first kappa shape index (κ1) is 14.4. The van der Waals surface area contributed by atoms with E-state index in [0.717, 1.165) is 37.1 Å². The summed E-state index contributed by atoms with van der Waals surface area (Å²) in [6.07, 6.45) is 2.33. The third kappa shape index (κ3) is 2.89. The molecule has 2 heterocycles. The Balaban J connectivity index is 1.94. The molecule has 1 aromatic carbocycles. The van der Waals surface area contributed by atoms with Crippen molar-refractivity contribution in [2.45, 2.75) is 38.8 Å². The Hall–Kier alpha value is -1.59. The van der Waals surface area contributed by atoms with Crippen LogP contribution in [0.1, 0.15) is 38.3 Å². The number of nitrogens with one attached hydrogen (secondary N) is 2. The summed E-state index contributed by atoms with van der Waals surface area (Å²) in [5.74, 6) is 0.110. The zero-order chi connectivity index (χ0) is 14.8. The van der Waals surface area contributed by atoms with Gasteiger partial charge in [-0.25, -0.2) is 4.79 Å². The molecule has 0 spiro atoms. The Bertz CT molecular complexity index is 661. The second-order valence-corrected chi connectivity index (χ2v) is 5.80. The molecule has 2 aromatic rings. The first-order chi connectivity index (χ1) is 10.2. The summed E-state index contributed by atoms with van der Waals surface area (Å²) in [6.45, 7) is 6.13. The number of oxazole rings is 1. The molecule has 0 amide bonds. The molecule has 0 saturated carbocycles. The summed E-state index contributed by atoms with van der Waals surface area (Å²) in [5.41, 5.74) is 2.45. The molecular formula is C16H22N2O3. The van der Waals surface area contributed by atoms with Gasteiger partial charge in [0.05, 0.1) is 17.7 Å². The van der Waals surface area contributed by atoms with Gasteiger partial charge in [-0.15, -0.1) is 0 Å². The predicted octanol–water partition coefficient (Wildman–Crippen LogP) is 2.59. The fourth-order valence-corrected chi connectivity index (χ4v) is 3.02. The number of hydrogen-bond donors (Lipinski definition) is 2. The van der Waals surface area contributed by atoms with E-state index in [0.29, 0.717) is 11.5 Å². The second-order valence-electron chi connectivity index (χ2n) is 5.80. The van der Waals surface area contributed by atoms with Crippen LogP contribution >= 0.6 is 0 Å². The smallest absolute Gasteiger partial charge is 0.408 e. The van der Waals surface area contributed by atoms with E-state index < -0.39 is 5.76 Å². The van der Waals surface area contributed by atoms with Gasteiger partial charge in [0.25, 0.3) is 0 Å². The normalized spacial score (nSPS) is 23.7. The minimum atomic E-state index is -0.411. The summed E-state index contributed by atoms with van der Waals surface area (Å²) in [4.78, 5) is 14.0. The van der Waals surface area contributed by atoms with Gasteiger partial charge in [-0.2, -0.15) is 0 Å². The Labute approximate surface area is 123 Å². The second kappa shape index (κ2) is 6.03. The van der Waals surface area contributed by atoms with Gasteiger partial charge in [-0.1, -0.05) is 19.9 Å². The molecule has 0 bridgehead atoms. The number of benzene rings is 1. The molecule has 1 aliphatic heterocycles. The van der Waals surface area contributed by atoms with Gasteiger partial charge >= 0.3 is 5.76 Å². The highest BCUT2D eigenvalue weighted by molar-refractivity contribution is 5.72. The number of rotatable bonds is 5. The number of fused-ring (bicyclic) bond motifs is 1. The molecular weight excluding hydrogens is 268 g/mol. The Kier molecular flexibility index (Phi) is 4.12. The van der Waals surface area contributed by atoms with Crippen molar-refractivity contribution in [2.75, 3.05) is 13.2 Å². The topological polar surface area (TPSA) is 67.3 Å². The summed E-state index contributed by atoms with van der Waals surface area (Å²) >= 11 is 0. The lowest BCUT2D eigenvalue weighted by atomic mass is 9.92. The number of H-pyrrole nitrogens is 1. The fourth-order valence-electron chi connectivity index (χ4n) is 3.02. The quantitative estimate of drug-likeness (QED) is 0.888. The largest absolute Gasteiger partial charge is 0.417 e. The van der Waals surface area contributed by atoms with Crippen molar-refractivity contribution in [2.24, 2.45) is 5.92 Å². The van der Waals surface area contributed by atoms with E-state index in [2.05, 4.69) is 24.1 Å². The molecule has 1 fully saturated rings. The standard InChI is InChI=1S/C16H22N2O3/c1-3-7-17-14(15-10(2)6-8-20-15)11-4-5-12-13(9-11)21-16(19)18-12/h4-5,9-10,14-15,17H,3,6-8H2,1-2H3,(H,18,19). The zero-order valence-corrected chi connectivity index (χ0v) is 12.5. The first-order valence-corrected chi connectivity index (χ1v) is 7.67. The average molecular weight is 290 g/mol. The molecule has 3 atom stereocenters. The van der Waals surface area contributed by atoms with Crippen LogP contribution < -0.4 is 11.1 Å². The monoisotopic (exact) mass is 290 g/mol.